The molecule has 1 amide bonds. The van der Waals surface area contributed by atoms with Crippen LogP contribution in [-0.2, 0) is 4.79 Å². The first-order chi connectivity index (χ1) is 9.61. The molecule has 1 heterocycles. The lowest BCUT2D eigenvalue weighted by molar-refractivity contribution is -0.131. The maximum atomic E-state index is 12.3. The Kier molecular flexibility index (Phi) is 6.02. The van der Waals surface area contributed by atoms with Crippen LogP contribution in [0.4, 0.5) is 0 Å². The Morgan fingerprint density at radius 3 is 2.95 bits per heavy atom. The van der Waals surface area contributed by atoms with Crippen molar-refractivity contribution < 1.29 is 4.79 Å². The summed E-state index contributed by atoms with van der Waals surface area (Å²) in [5.74, 6) is 0.498. The molecule has 0 radical (unpaired) electrons. The highest BCUT2D eigenvalue weighted by Crippen LogP contribution is 2.30. The van der Waals surface area contributed by atoms with E-state index in [1.54, 1.807) is 18.2 Å². The molecule has 1 aliphatic rings. The molecule has 20 heavy (non-hydrogen) atoms. The van der Waals surface area contributed by atoms with Crippen molar-refractivity contribution in [2.75, 3.05) is 18.8 Å². The largest absolute Gasteiger partial charge is 0.338 e. The first-order valence-electron chi connectivity index (χ1n) is 6.69. The first-order valence-corrected chi connectivity index (χ1v) is 8.43. The van der Waals surface area contributed by atoms with Gasteiger partial charge in [-0.3, -0.25) is 4.79 Å². The Labute approximate surface area is 133 Å². The van der Waals surface area contributed by atoms with Crippen molar-refractivity contribution in [3.05, 3.63) is 28.2 Å². The fourth-order valence-corrected chi connectivity index (χ4v) is 3.76. The molecule has 3 nitrogen and oxygen atoms in total. The zero-order chi connectivity index (χ0) is 14.5. The van der Waals surface area contributed by atoms with Crippen LogP contribution in [0.15, 0.2) is 23.1 Å². The van der Waals surface area contributed by atoms with Crippen LogP contribution in [0.2, 0.25) is 10.0 Å². The minimum atomic E-state index is 0.126. The van der Waals surface area contributed by atoms with E-state index in [9.17, 15) is 4.79 Å². The molecule has 1 atom stereocenters. The van der Waals surface area contributed by atoms with Gasteiger partial charge in [0.25, 0.3) is 0 Å². The van der Waals surface area contributed by atoms with Crippen molar-refractivity contribution in [2.24, 2.45) is 5.73 Å². The molecule has 2 N–H and O–H groups in total. The molecule has 1 unspecified atom stereocenters. The topological polar surface area (TPSA) is 46.3 Å². The van der Waals surface area contributed by atoms with Crippen molar-refractivity contribution in [2.45, 2.75) is 30.2 Å². The predicted octanol–water partition coefficient (Wildman–Crippen LogP) is 3.43. The Balaban J connectivity index is 1.95. The number of halogens is 2. The molecule has 0 aromatic heterocycles. The van der Waals surface area contributed by atoms with Crippen LogP contribution in [0.25, 0.3) is 0 Å². The van der Waals surface area contributed by atoms with Crippen molar-refractivity contribution in [1.29, 1.82) is 0 Å². The molecular formula is C14H18Cl2N2OS. The number of rotatable bonds is 4. The third kappa shape index (κ3) is 4.04. The lowest BCUT2D eigenvalue weighted by Gasteiger charge is -2.35. The van der Waals surface area contributed by atoms with Gasteiger partial charge < -0.3 is 10.6 Å². The van der Waals surface area contributed by atoms with Gasteiger partial charge in [0.05, 0.1) is 10.8 Å². The molecule has 0 bridgehead atoms. The summed E-state index contributed by atoms with van der Waals surface area (Å²) in [6, 6.07) is 5.47. The Morgan fingerprint density at radius 2 is 2.20 bits per heavy atom. The molecule has 0 spiro atoms. The van der Waals surface area contributed by atoms with E-state index in [1.807, 2.05) is 4.90 Å². The highest BCUT2D eigenvalue weighted by molar-refractivity contribution is 8.00. The summed E-state index contributed by atoms with van der Waals surface area (Å²) < 4.78 is 0. The van der Waals surface area contributed by atoms with Crippen LogP contribution < -0.4 is 5.73 Å². The van der Waals surface area contributed by atoms with Crippen molar-refractivity contribution in [1.82, 2.24) is 4.90 Å². The lowest BCUT2D eigenvalue weighted by Crippen LogP contribution is -2.48. The molecule has 1 aromatic rings. The number of amides is 1. The van der Waals surface area contributed by atoms with Crippen molar-refractivity contribution >= 4 is 40.9 Å². The van der Waals surface area contributed by atoms with Gasteiger partial charge in [0.2, 0.25) is 5.91 Å². The number of benzene rings is 1. The molecule has 6 heteroatoms. The van der Waals surface area contributed by atoms with Crippen LogP contribution in [0.5, 0.6) is 0 Å². The minimum Gasteiger partial charge on any atom is -0.338 e. The van der Waals surface area contributed by atoms with Gasteiger partial charge >= 0.3 is 0 Å². The molecule has 1 aromatic carbocycles. The summed E-state index contributed by atoms with van der Waals surface area (Å²) in [5.41, 5.74) is 5.74. The quantitative estimate of drug-likeness (QED) is 0.859. The summed E-state index contributed by atoms with van der Waals surface area (Å²) in [6.45, 7) is 1.35. The molecule has 1 saturated heterocycles. The summed E-state index contributed by atoms with van der Waals surface area (Å²) >= 11 is 13.5. The number of hydrogen-bond acceptors (Lipinski definition) is 3. The number of nitrogens with two attached hydrogens (primary N) is 1. The second-order valence-corrected chi connectivity index (χ2v) is 6.70. The van der Waals surface area contributed by atoms with E-state index in [0.717, 1.165) is 30.7 Å². The molecular weight excluding hydrogens is 315 g/mol. The predicted molar refractivity (Wildman–Crippen MR) is 85.6 cm³/mol. The fraction of sp³-hybridized carbons (Fsp3) is 0.500. The monoisotopic (exact) mass is 332 g/mol. The van der Waals surface area contributed by atoms with Crippen molar-refractivity contribution in [3.8, 4) is 0 Å². The van der Waals surface area contributed by atoms with Gasteiger partial charge in [0.1, 0.15) is 0 Å². The highest BCUT2D eigenvalue weighted by Gasteiger charge is 2.25. The first kappa shape index (κ1) is 16.0. The third-order valence-electron chi connectivity index (χ3n) is 3.46. The summed E-state index contributed by atoms with van der Waals surface area (Å²) in [4.78, 5) is 15.1. The van der Waals surface area contributed by atoms with Crippen LogP contribution in [0.3, 0.4) is 0 Å². The van der Waals surface area contributed by atoms with E-state index in [1.165, 1.54) is 11.8 Å². The number of hydrogen-bond donors (Lipinski definition) is 1. The van der Waals surface area contributed by atoms with Crippen LogP contribution >= 0.6 is 35.0 Å². The number of carbonyl (C=O) groups is 1. The second kappa shape index (κ2) is 7.55. The van der Waals surface area contributed by atoms with Gasteiger partial charge in [0.15, 0.2) is 0 Å². The maximum absolute atomic E-state index is 12.3. The van der Waals surface area contributed by atoms with E-state index in [0.29, 0.717) is 22.3 Å². The maximum Gasteiger partial charge on any atom is 0.233 e. The Hall–Kier alpha value is -0.420. The van der Waals surface area contributed by atoms with E-state index in [-0.39, 0.29) is 11.9 Å². The zero-order valence-corrected chi connectivity index (χ0v) is 13.5. The van der Waals surface area contributed by atoms with Gasteiger partial charge in [-0.15, -0.1) is 11.8 Å². The molecule has 0 saturated carbocycles. The normalized spacial score (nSPS) is 19.1. The average molecular weight is 333 g/mol. The van der Waals surface area contributed by atoms with Crippen LogP contribution in [0, 0.1) is 0 Å². The van der Waals surface area contributed by atoms with E-state index in [4.69, 9.17) is 28.9 Å². The summed E-state index contributed by atoms with van der Waals surface area (Å²) in [5, 5.41) is 1.25. The zero-order valence-electron chi connectivity index (χ0n) is 11.1. The SMILES string of the molecule is NCC1CCCCN1C(=O)CSc1cc(Cl)ccc1Cl. The minimum absolute atomic E-state index is 0.126. The van der Waals surface area contributed by atoms with Crippen molar-refractivity contribution in [3.63, 3.8) is 0 Å². The lowest BCUT2D eigenvalue weighted by atomic mass is 10.0. The molecule has 110 valence electrons. The van der Waals surface area contributed by atoms with Crippen LogP contribution in [0.1, 0.15) is 19.3 Å². The summed E-state index contributed by atoms with van der Waals surface area (Å²) in [6.07, 6.45) is 3.22. The van der Waals surface area contributed by atoms with Gasteiger partial charge in [-0.1, -0.05) is 23.2 Å². The molecule has 1 fully saturated rings. The van der Waals surface area contributed by atoms with Crippen LogP contribution in [-0.4, -0.2) is 35.7 Å². The smallest absolute Gasteiger partial charge is 0.233 e. The standard InChI is InChI=1S/C14H18Cl2N2OS/c15-10-4-5-12(16)13(7-10)20-9-14(19)18-6-2-1-3-11(18)8-17/h4-5,7,11H,1-3,6,8-9,17H2. The van der Waals surface area contributed by atoms with E-state index >= 15 is 0 Å². The third-order valence-corrected chi connectivity index (χ3v) is 5.18. The number of nitrogens with zero attached hydrogens (tertiary/aromatic N) is 1. The van der Waals surface area contributed by atoms with Gasteiger partial charge in [-0.25, -0.2) is 0 Å². The summed E-state index contributed by atoms with van der Waals surface area (Å²) in [7, 11) is 0. The fourth-order valence-electron chi connectivity index (χ4n) is 2.38. The van der Waals surface area contributed by atoms with Gasteiger partial charge in [-0.2, -0.15) is 0 Å². The molecule has 0 aliphatic carbocycles. The number of likely N-dealkylation sites (tertiary alicyclic amines) is 1. The second-order valence-electron chi connectivity index (χ2n) is 4.84. The number of piperidine rings is 1. The van der Waals surface area contributed by atoms with Gasteiger partial charge in [-0.05, 0) is 37.5 Å². The number of carbonyl (C=O) groups excluding carboxylic acids is 1. The average Bonchev–Trinajstić information content (AvgIpc) is 2.47. The van der Waals surface area contributed by atoms with Gasteiger partial charge in [0, 0.05) is 29.0 Å². The highest BCUT2D eigenvalue weighted by atomic mass is 35.5. The Morgan fingerprint density at radius 1 is 1.40 bits per heavy atom. The Bertz CT molecular complexity index is 484. The van der Waals surface area contributed by atoms with E-state index < -0.39 is 0 Å². The molecule has 2 rings (SSSR count). The number of thioether (sulfide) groups is 1. The molecule has 1 aliphatic heterocycles. The van der Waals surface area contributed by atoms with E-state index in [2.05, 4.69) is 0 Å².